The molecule has 7 nitrogen and oxygen atoms in total. The fraction of sp³-hybridized carbons (Fsp3) is 0.263. The molecule has 1 aliphatic carbocycles. The van der Waals surface area contributed by atoms with Crippen molar-refractivity contribution >= 4 is 17.5 Å². The first-order valence-electron chi connectivity index (χ1n) is 8.31. The lowest BCUT2D eigenvalue weighted by Gasteiger charge is -2.23. The molecule has 2 N–H and O–H groups in total. The quantitative estimate of drug-likeness (QED) is 0.636. The molecule has 2 amide bonds. The number of carbonyl (C=O) groups is 2. The molecule has 0 unspecified atom stereocenters. The first-order valence-corrected chi connectivity index (χ1v) is 8.31. The predicted molar refractivity (Wildman–Crippen MR) is 95.7 cm³/mol. The van der Waals surface area contributed by atoms with Gasteiger partial charge in [0.05, 0.1) is 4.92 Å². The van der Waals surface area contributed by atoms with Crippen LogP contribution in [0, 0.1) is 17.0 Å². The largest absolute Gasteiger partial charge is 0.366 e. The van der Waals surface area contributed by atoms with Gasteiger partial charge in [0.25, 0.3) is 11.6 Å². The van der Waals surface area contributed by atoms with Crippen LogP contribution >= 0.6 is 0 Å². The molecule has 1 aliphatic rings. The summed E-state index contributed by atoms with van der Waals surface area (Å²) in [5, 5.41) is 10.9. The summed E-state index contributed by atoms with van der Waals surface area (Å²) in [6.07, 6.45) is 1.88. The lowest BCUT2D eigenvalue weighted by atomic mass is 10.1. The summed E-state index contributed by atoms with van der Waals surface area (Å²) in [4.78, 5) is 36.4. The Bertz CT molecular complexity index is 873. The van der Waals surface area contributed by atoms with E-state index in [1.54, 1.807) is 42.2 Å². The zero-order valence-corrected chi connectivity index (χ0v) is 14.3. The monoisotopic (exact) mass is 353 g/mol. The number of amides is 2. The SMILES string of the molecule is Cc1cc(C(=O)N(Cc2ccc(C(N)=O)cc2)C2CC2)ccc1[N+](=O)[O-]. The van der Waals surface area contributed by atoms with E-state index in [1.807, 2.05) is 0 Å². The first-order chi connectivity index (χ1) is 12.4. The Labute approximate surface area is 150 Å². The van der Waals surface area contributed by atoms with E-state index in [0.29, 0.717) is 23.2 Å². The van der Waals surface area contributed by atoms with Gasteiger partial charge in [0.15, 0.2) is 0 Å². The lowest BCUT2D eigenvalue weighted by Crippen LogP contribution is -2.32. The Balaban J connectivity index is 1.81. The molecule has 0 aromatic heterocycles. The van der Waals surface area contributed by atoms with Crippen LogP contribution in [0.4, 0.5) is 5.69 Å². The average molecular weight is 353 g/mol. The Morgan fingerprint density at radius 3 is 2.27 bits per heavy atom. The maximum Gasteiger partial charge on any atom is 0.272 e. The minimum absolute atomic E-state index is 0.00145. The van der Waals surface area contributed by atoms with E-state index >= 15 is 0 Å². The normalized spacial score (nSPS) is 13.3. The van der Waals surface area contributed by atoms with Crippen LogP contribution in [0.5, 0.6) is 0 Å². The molecule has 3 rings (SSSR count). The second kappa shape index (κ2) is 6.95. The van der Waals surface area contributed by atoms with Gasteiger partial charge in [-0.3, -0.25) is 19.7 Å². The topological polar surface area (TPSA) is 107 Å². The molecule has 0 atom stereocenters. The van der Waals surface area contributed by atoms with Crippen molar-refractivity contribution in [3.63, 3.8) is 0 Å². The first kappa shape index (κ1) is 17.6. The Morgan fingerprint density at radius 1 is 1.15 bits per heavy atom. The molecular weight excluding hydrogens is 334 g/mol. The molecule has 1 fully saturated rings. The van der Waals surface area contributed by atoms with Crippen molar-refractivity contribution in [2.75, 3.05) is 0 Å². The standard InChI is InChI=1S/C19H19N3O4/c1-12-10-15(6-9-17(12)22(25)26)19(24)21(16-7-8-16)11-13-2-4-14(5-3-13)18(20)23/h2-6,9-10,16H,7-8,11H2,1H3,(H2,20,23). The van der Waals surface area contributed by atoms with E-state index in [0.717, 1.165) is 18.4 Å². The number of hydrogen-bond acceptors (Lipinski definition) is 4. The number of rotatable bonds is 6. The maximum atomic E-state index is 12.9. The summed E-state index contributed by atoms with van der Waals surface area (Å²) in [5.74, 6) is -0.641. The van der Waals surface area contributed by atoms with Gasteiger partial charge in [-0.05, 0) is 49.6 Å². The number of nitro benzene ring substituents is 1. The molecule has 2 aromatic carbocycles. The second-order valence-corrected chi connectivity index (χ2v) is 6.48. The fourth-order valence-electron chi connectivity index (χ4n) is 2.88. The van der Waals surface area contributed by atoms with E-state index in [4.69, 9.17) is 5.73 Å². The van der Waals surface area contributed by atoms with Crippen molar-refractivity contribution in [3.05, 3.63) is 74.8 Å². The van der Waals surface area contributed by atoms with Gasteiger partial charge in [-0.1, -0.05) is 12.1 Å². The molecule has 2 aromatic rings. The van der Waals surface area contributed by atoms with Gasteiger partial charge in [0.2, 0.25) is 5.91 Å². The van der Waals surface area contributed by atoms with Gasteiger partial charge in [-0.25, -0.2) is 0 Å². The minimum Gasteiger partial charge on any atom is -0.366 e. The van der Waals surface area contributed by atoms with Crippen molar-refractivity contribution < 1.29 is 14.5 Å². The molecule has 7 heteroatoms. The molecule has 26 heavy (non-hydrogen) atoms. The van der Waals surface area contributed by atoms with Crippen molar-refractivity contribution in [2.24, 2.45) is 5.73 Å². The number of nitrogens with two attached hydrogens (primary N) is 1. The van der Waals surface area contributed by atoms with Crippen LogP contribution in [-0.4, -0.2) is 27.7 Å². The summed E-state index contributed by atoms with van der Waals surface area (Å²) < 4.78 is 0. The third-order valence-corrected chi connectivity index (χ3v) is 4.48. The maximum absolute atomic E-state index is 12.9. The summed E-state index contributed by atoms with van der Waals surface area (Å²) >= 11 is 0. The number of benzene rings is 2. The number of carbonyl (C=O) groups excluding carboxylic acids is 2. The van der Waals surface area contributed by atoms with Gasteiger partial charge in [-0.2, -0.15) is 0 Å². The van der Waals surface area contributed by atoms with Crippen molar-refractivity contribution in [2.45, 2.75) is 32.4 Å². The van der Waals surface area contributed by atoms with E-state index in [1.165, 1.54) is 12.1 Å². The van der Waals surface area contributed by atoms with Gasteiger partial charge < -0.3 is 10.6 Å². The fourth-order valence-corrected chi connectivity index (χ4v) is 2.88. The summed E-state index contributed by atoms with van der Waals surface area (Å²) in [7, 11) is 0. The molecule has 0 spiro atoms. The van der Waals surface area contributed by atoms with E-state index < -0.39 is 10.8 Å². The highest BCUT2D eigenvalue weighted by molar-refractivity contribution is 5.95. The summed E-state index contributed by atoms with van der Waals surface area (Å²) in [5.41, 5.74) is 7.46. The highest BCUT2D eigenvalue weighted by Gasteiger charge is 2.33. The summed E-state index contributed by atoms with van der Waals surface area (Å²) in [6.45, 7) is 2.04. The van der Waals surface area contributed by atoms with Crippen molar-refractivity contribution in [1.29, 1.82) is 0 Å². The molecule has 1 saturated carbocycles. The number of nitrogens with zero attached hydrogens (tertiary/aromatic N) is 2. The van der Waals surface area contributed by atoms with Gasteiger partial charge in [-0.15, -0.1) is 0 Å². The Kier molecular flexibility index (Phi) is 4.71. The predicted octanol–water partition coefficient (Wildman–Crippen LogP) is 2.81. The Hall–Kier alpha value is -3.22. The van der Waals surface area contributed by atoms with Crippen LogP contribution in [0.1, 0.15) is 44.7 Å². The van der Waals surface area contributed by atoms with Crippen LogP contribution in [0.25, 0.3) is 0 Å². The van der Waals surface area contributed by atoms with Gasteiger partial charge in [0, 0.05) is 35.3 Å². The zero-order valence-electron chi connectivity index (χ0n) is 14.3. The highest BCUT2D eigenvalue weighted by Crippen LogP contribution is 2.30. The van der Waals surface area contributed by atoms with E-state index in [9.17, 15) is 19.7 Å². The smallest absolute Gasteiger partial charge is 0.272 e. The molecule has 0 heterocycles. The Morgan fingerprint density at radius 2 is 1.77 bits per heavy atom. The van der Waals surface area contributed by atoms with Crippen LogP contribution in [-0.2, 0) is 6.54 Å². The third kappa shape index (κ3) is 3.72. The number of hydrogen-bond donors (Lipinski definition) is 1. The number of aryl methyl sites for hydroxylation is 1. The van der Waals surface area contributed by atoms with E-state index in [2.05, 4.69) is 0 Å². The molecule has 0 radical (unpaired) electrons. The molecule has 0 aliphatic heterocycles. The molecular formula is C19H19N3O4. The third-order valence-electron chi connectivity index (χ3n) is 4.48. The van der Waals surface area contributed by atoms with Crippen LogP contribution in [0.3, 0.4) is 0 Å². The number of primary amides is 1. The molecule has 0 saturated heterocycles. The highest BCUT2D eigenvalue weighted by atomic mass is 16.6. The minimum atomic E-state index is -0.493. The summed E-state index contributed by atoms with van der Waals surface area (Å²) in [6, 6.07) is 11.5. The van der Waals surface area contributed by atoms with Crippen molar-refractivity contribution in [1.82, 2.24) is 4.90 Å². The van der Waals surface area contributed by atoms with Crippen LogP contribution < -0.4 is 5.73 Å². The number of nitro groups is 1. The van der Waals surface area contributed by atoms with Crippen LogP contribution in [0.2, 0.25) is 0 Å². The molecule has 0 bridgehead atoms. The lowest BCUT2D eigenvalue weighted by molar-refractivity contribution is -0.385. The van der Waals surface area contributed by atoms with E-state index in [-0.39, 0.29) is 17.6 Å². The van der Waals surface area contributed by atoms with Crippen LogP contribution in [0.15, 0.2) is 42.5 Å². The van der Waals surface area contributed by atoms with Gasteiger partial charge >= 0.3 is 0 Å². The molecule has 134 valence electrons. The second-order valence-electron chi connectivity index (χ2n) is 6.48. The zero-order chi connectivity index (χ0) is 18.8. The van der Waals surface area contributed by atoms with Crippen molar-refractivity contribution in [3.8, 4) is 0 Å². The van der Waals surface area contributed by atoms with Gasteiger partial charge in [0.1, 0.15) is 0 Å². The average Bonchev–Trinajstić information content (AvgIpc) is 3.44.